The highest BCUT2D eigenvalue weighted by Gasteiger charge is 2.32. The fraction of sp³-hybridized carbons (Fsp3) is 0.519. The van der Waals surface area contributed by atoms with Crippen molar-refractivity contribution in [1.82, 2.24) is 14.5 Å². The third-order valence-electron chi connectivity index (χ3n) is 7.12. The molecule has 4 rings (SSSR count). The van der Waals surface area contributed by atoms with Gasteiger partial charge in [-0.3, -0.25) is 19.8 Å². The van der Waals surface area contributed by atoms with E-state index < -0.39 is 27.9 Å². The summed E-state index contributed by atoms with van der Waals surface area (Å²) in [5.41, 5.74) is 1.33. The predicted molar refractivity (Wildman–Crippen MR) is 150 cm³/mol. The molecule has 212 valence electrons. The Labute approximate surface area is 233 Å². The molecule has 0 spiro atoms. The van der Waals surface area contributed by atoms with Gasteiger partial charge in [-0.05, 0) is 67.5 Å². The molecule has 1 aromatic heterocycles. The number of methoxy groups -OCH3 is 1. The summed E-state index contributed by atoms with van der Waals surface area (Å²) >= 11 is 1.31. The number of nitrogens with one attached hydrogen (secondary N) is 2. The molecule has 1 aromatic carbocycles. The van der Waals surface area contributed by atoms with Crippen molar-refractivity contribution in [2.75, 3.05) is 38.6 Å². The molecule has 39 heavy (non-hydrogen) atoms. The van der Waals surface area contributed by atoms with E-state index in [9.17, 15) is 22.8 Å². The molecule has 12 heteroatoms. The summed E-state index contributed by atoms with van der Waals surface area (Å²) in [4.78, 5) is 41.3. The van der Waals surface area contributed by atoms with Crippen molar-refractivity contribution in [3.05, 3.63) is 45.8 Å². The van der Waals surface area contributed by atoms with Crippen molar-refractivity contribution in [3.63, 3.8) is 0 Å². The number of ether oxygens (including phenoxy) is 1. The number of hydrogen-bond donors (Lipinski definition) is 2. The molecule has 1 fully saturated rings. The van der Waals surface area contributed by atoms with E-state index in [2.05, 4.69) is 41.0 Å². The summed E-state index contributed by atoms with van der Waals surface area (Å²) < 4.78 is 32.5. The van der Waals surface area contributed by atoms with E-state index in [-0.39, 0.29) is 27.9 Å². The molecule has 2 N–H and O–H groups in total. The van der Waals surface area contributed by atoms with Gasteiger partial charge in [0.1, 0.15) is 5.00 Å². The van der Waals surface area contributed by atoms with E-state index in [1.54, 1.807) is 0 Å². The quantitative estimate of drug-likeness (QED) is 0.512. The summed E-state index contributed by atoms with van der Waals surface area (Å²) in [7, 11) is -2.50. The Balaban J connectivity index is 1.56. The van der Waals surface area contributed by atoms with E-state index in [1.165, 1.54) is 47.0 Å². The third kappa shape index (κ3) is 6.51. The van der Waals surface area contributed by atoms with Gasteiger partial charge in [0.25, 0.3) is 11.8 Å². The van der Waals surface area contributed by atoms with Gasteiger partial charge >= 0.3 is 6.09 Å². The Morgan fingerprint density at radius 1 is 1.08 bits per heavy atom. The Hall–Kier alpha value is -2.80. The highest BCUT2D eigenvalue weighted by molar-refractivity contribution is 7.89. The van der Waals surface area contributed by atoms with E-state index in [0.717, 1.165) is 36.4 Å². The molecule has 2 atom stereocenters. The van der Waals surface area contributed by atoms with Crippen LogP contribution in [0.15, 0.2) is 29.2 Å². The van der Waals surface area contributed by atoms with Crippen molar-refractivity contribution in [2.45, 2.75) is 51.5 Å². The standard InChI is InChI=1S/C27H36N4O6S2/c1-5-11-30-12-10-21-22(16-30)38-26(23(21)25(33)29-27(34)37-4)28-24(32)19-6-8-20(9-7-19)39(35,36)31-14-17(2)13-18(3)15-31/h6-9,17-18H,5,10-16H2,1-4H3,(H,28,32)(H,29,33,34). The Bertz CT molecular complexity index is 1330. The molecule has 2 aliphatic heterocycles. The first-order valence-electron chi connectivity index (χ1n) is 13.2. The van der Waals surface area contributed by atoms with Crippen molar-refractivity contribution in [2.24, 2.45) is 11.8 Å². The number of anilines is 1. The van der Waals surface area contributed by atoms with E-state index in [0.29, 0.717) is 31.1 Å². The minimum atomic E-state index is -3.67. The second-order valence-electron chi connectivity index (χ2n) is 10.4. The highest BCUT2D eigenvalue weighted by atomic mass is 32.2. The van der Waals surface area contributed by atoms with Crippen molar-refractivity contribution in [3.8, 4) is 0 Å². The van der Waals surface area contributed by atoms with Gasteiger partial charge in [-0.2, -0.15) is 4.31 Å². The van der Waals surface area contributed by atoms with Crippen LogP contribution in [0.25, 0.3) is 0 Å². The molecule has 0 radical (unpaired) electrons. The van der Waals surface area contributed by atoms with Gasteiger partial charge in [0, 0.05) is 36.6 Å². The first kappa shape index (κ1) is 29.2. The van der Waals surface area contributed by atoms with E-state index in [1.807, 2.05) is 0 Å². The molecule has 0 saturated carbocycles. The second-order valence-corrected chi connectivity index (χ2v) is 13.5. The number of sulfonamides is 1. The second kappa shape index (κ2) is 12.2. The molecule has 2 aliphatic rings. The number of fused-ring (bicyclic) bond motifs is 1. The predicted octanol–water partition coefficient (Wildman–Crippen LogP) is 3.93. The summed E-state index contributed by atoms with van der Waals surface area (Å²) in [6, 6.07) is 5.84. The molecule has 2 aromatic rings. The van der Waals surface area contributed by atoms with Gasteiger partial charge in [-0.25, -0.2) is 13.2 Å². The average molecular weight is 577 g/mol. The number of piperidine rings is 1. The molecule has 3 amide bonds. The molecule has 0 bridgehead atoms. The molecule has 1 saturated heterocycles. The van der Waals surface area contributed by atoms with Crippen LogP contribution in [0.5, 0.6) is 0 Å². The third-order valence-corrected chi connectivity index (χ3v) is 10.1. The lowest BCUT2D eigenvalue weighted by Crippen LogP contribution is -2.42. The van der Waals surface area contributed by atoms with Gasteiger partial charge in [0.05, 0.1) is 17.6 Å². The van der Waals surface area contributed by atoms with Gasteiger partial charge in [-0.1, -0.05) is 20.8 Å². The minimum absolute atomic E-state index is 0.140. The van der Waals surface area contributed by atoms with Crippen LogP contribution < -0.4 is 10.6 Å². The first-order valence-corrected chi connectivity index (χ1v) is 15.5. The molecule has 10 nitrogen and oxygen atoms in total. The monoisotopic (exact) mass is 576 g/mol. The van der Waals surface area contributed by atoms with E-state index in [4.69, 9.17) is 0 Å². The number of rotatable bonds is 7. The van der Waals surface area contributed by atoms with Gasteiger partial charge < -0.3 is 10.1 Å². The van der Waals surface area contributed by atoms with Gasteiger partial charge in [0.2, 0.25) is 10.0 Å². The molecular formula is C27H36N4O6S2. The molecule has 2 unspecified atom stereocenters. The number of carbonyl (C=O) groups excluding carboxylic acids is 3. The largest absolute Gasteiger partial charge is 0.453 e. The minimum Gasteiger partial charge on any atom is -0.453 e. The smallest absolute Gasteiger partial charge is 0.413 e. The van der Waals surface area contributed by atoms with Gasteiger partial charge in [0.15, 0.2) is 0 Å². The maximum Gasteiger partial charge on any atom is 0.413 e. The topological polar surface area (TPSA) is 125 Å². The number of carbonyl (C=O) groups is 3. The summed E-state index contributed by atoms with van der Waals surface area (Å²) in [5.74, 6) is -0.546. The van der Waals surface area contributed by atoms with Crippen LogP contribution in [-0.2, 0) is 27.7 Å². The zero-order chi connectivity index (χ0) is 28.3. The number of benzene rings is 1. The number of imide groups is 1. The maximum atomic E-state index is 13.2. The lowest BCUT2D eigenvalue weighted by molar-refractivity contribution is 0.0936. The number of thiophene rings is 1. The summed E-state index contributed by atoms with van der Waals surface area (Å²) in [6.07, 6.45) is 1.73. The fourth-order valence-electron chi connectivity index (χ4n) is 5.40. The zero-order valence-corrected chi connectivity index (χ0v) is 24.4. The summed E-state index contributed by atoms with van der Waals surface area (Å²) in [6.45, 7) is 9.51. The number of amides is 3. The molecule has 0 aliphatic carbocycles. The lowest BCUT2D eigenvalue weighted by Gasteiger charge is -2.34. The average Bonchev–Trinajstić information content (AvgIpc) is 3.25. The maximum absolute atomic E-state index is 13.2. The fourth-order valence-corrected chi connectivity index (χ4v) is 8.36. The number of hydrogen-bond acceptors (Lipinski definition) is 8. The van der Waals surface area contributed by atoms with Crippen LogP contribution in [0.3, 0.4) is 0 Å². The Morgan fingerprint density at radius 2 is 1.74 bits per heavy atom. The number of nitrogens with zero attached hydrogens (tertiary/aromatic N) is 2. The van der Waals surface area contributed by atoms with Crippen LogP contribution in [0.2, 0.25) is 0 Å². The molecular weight excluding hydrogens is 540 g/mol. The van der Waals surface area contributed by atoms with Crippen LogP contribution in [0, 0.1) is 11.8 Å². The Morgan fingerprint density at radius 3 is 2.36 bits per heavy atom. The Kier molecular flexibility index (Phi) is 9.10. The van der Waals surface area contributed by atoms with Crippen LogP contribution >= 0.6 is 11.3 Å². The van der Waals surface area contributed by atoms with E-state index >= 15 is 0 Å². The SMILES string of the molecule is CCCN1CCc2c(sc(NC(=O)c3ccc(S(=O)(=O)N4CC(C)CC(C)C4)cc3)c2C(=O)NC(=O)OC)C1. The van der Waals surface area contributed by atoms with Gasteiger partial charge in [-0.15, -0.1) is 11.3 Å². The van der Waals surface area contributed by atoms with Crippen LogP contribution in [0.1, 0.15) is 64.8 Å². The first-order chi connectivity index (χ1) is 18.5. The lowest BCUT2D eigenvalue weighted by atomic mass is 9.94. The molecule has 3 heterocycles. The normalized spacial score (nSPS) is 20.2. The van der Waals surface area contributed by atoms with Crippen molar-refractivity contribution < 1.29 is 27.5 Å². The van der Waals surface area contributed by atoms with Crippen LogP contribution in [-0.4, -0.2) is 68.8 Å². The van der Waals surface area contributed by atoms with Crippen molar-refractivity contribution in [1.29, 1.82) is 0 Å². The highest BCUT2D eigenvalue weighted by Crippen LogP contribution is 2.37. The van der Waals surface area contributed by atoms with Crippen molar-refractivity contribution >= 4 is 44.3 Å². The zero-order valence-electron chi connectivity index (χ0n) is 22.8. The number of alkyl carbamates (subject to hydrolysis) is 1. The van der Waals surface area contributed by atoms with Crippen LogP contribution in [0.4, 0.5) is 9.80 Å². The summed E-state index contributed by atoms with van der Waals surface area (Å²) in [5, 5.41) is 5.37.